The number of hydrogen-bond donors (Lipinski definition) is 0. The van der Waals surface area contributed by atoms with E-state index in [1.165, 1.54) is 19.3 Å². The molecule has 0 aliphatic rings. The fraction of sp³-hybridized carbons (Fsp3) is 0.667. The van der Waals surface area contributed by atoms with Gasteiger partial charge in [-0.2, -0.15) is 0 Å². The van der Waals surface area contributed by atoms with Gasteiger partial charge in [0.25, 0.3) is 6.29 Å². The third-order valence-electron chi connectivity index (χ3n) is 2.88. The van der Waals surface area contributed by atoms with E-state index in [0.717, 1.165) is 30.7 Å². The van der Waals surface area contributed by atoms with Crippen molar-refractivity contribution in [3.63, 3.8) is 0 Å². The highest BCUT2D eigenvalue weighted by molar-refractivity contribution is 5.73. The Balaban J connectivity index is 2.66. The third-order valence-corrected chi connectivity index (χ3v) is 2.88. The maximum Gasteiger partial charge on any atom is 0.255 e. The Morgan fingerprint density at radius 2 is 2.06 bits per heavy atom. The molecule has 0 amide bonds. The molecule has 18 heavy (non-hydrogen) atoms. The largest absolute Gasteiger partial charge is 0.283 e. The maximum absolute atomic E-state index is 10.8. The zero-order valence-electron chi connectivity index (χ0n) is 11.7. The normalized spacial score (nSPS) is 10.9. The summed E-state index contributed by atoms with van der Waals surface area (Å²) in [5, 5.41) is 0. The topological polar surface area (TPSA) is 42.9 Å². The molecule has 0 saturated heterocycles. The van der Waals surface area contributed by atoms with Crippen LogP contribution >= 0.6 is 0 Å². The first kappa shape index (κ1) is 14.8. The van der Waals surface area contributed by atoms with Gasteiger partial charge in [-0.3, -0.25) is 9.78 Å². The maximum atomic E-state index is 10.8. The molecule has 0 aromatic carbocycles. The Morgan fingerprint density at radius 1 is 1.28 bits per heavy atom. The molecule has 3 nitrogen and oxygen atoms in total. The predicted octanol–water partition coefficient (Wildman–Crippen LogP) is 3.26. The van der Waals surface area contributed by atoms with E-state index in [1.807, 2.05) is 6.29 Å². The number of unbranched alkanes of at least 4 members (excludes halogenated alkanes) is 3. The summed E-state index contributed by atoms with van der Waals surface area (Å²) in [6.07, 6.45) is 10.2. The highest BCUT2D eigenvalue weighted by atomic mass is 16.1. The summed E-state index contributed by atoms with van der Waals surface area (Å²) in [6, 6.07) is 0. The lowest BCUT2D eigenvalue weighted by molar-refractivity contribution is 0.558. The van der Waals surface area contributed by atoms with Crippen molar-refractivity contribution in [1.29, 1.82) is 0 Å². The van der Waals surface area contributed by atoms with Gasteiger partial charge in [-0.1, -0.05) is 40.0 Å². The molecule has 0 fully saturated rings. The Kier molecular flexibility index (Phi) is 6.55. The summed E-state index contributed by atoms with van der Waals surface area (Å²) in [5.74, 6) is 0.474. The Bertz CT molecular complexity index is 375. The van der Waals surface area contributed by atoms with Crippen LogP contribution in [0.1, 0.15) is 63.5 Å². The number of aromatic nitrogens is 2. The van der Waals surface area contributed by atoms with Crippen molar-refractivity contribution in [1.82, 2.24) is 9.97 Å². The van der Waals surface area contributed by atoms with Gasteiger partial charge in [-0.25, -0.2) is 4.98 Å². The molecule has 0 spiro atoms. The molecule has 1 heterocycles. The van der Waals surface area contributed by atoms with Gasteiger partial charge in [-0.15, -0.1) is 0 Å². The highest BCUT2D eigenvalue weighted by Gasteiger charge is 2.09. The summed E-state index contributed by atoms with van der Waals surface area (Å²) >= 11 is 0. The van der Waals surface area contributed by atoms with Crippen molar-refractivity contribution >= 4 is 6.29 Å². The van der Waals surface area contributed by atoms with Crippen LogP contribution in [0, 0.1) is 5.92 Å². The predicted molar refractivity (Wildman–Crippen MR) is 73.2 cm³/mol. The number of aryl methyl sites for hydroxylation is 1. The van der Waals surface area contributed by atoms with Crippen molar-refractivity contribution in [3.8, 4) is 0 Å². The van der Waals surface area contributed by atoms with Crippen molar-refractivity contribution in [2.75, 3.05) is 0 Å². The van der Waals surface area contributed by atoms with Gasteiger partial charge in [0.15, 0.2) is 0 Å². The van der Waals surface area contributed by atoms with E-state index in [9.17, 15) is 4.79 Å². The van der Waals surface area contributed by atoms with E-state index in [-0.39, 0.29) is 0 Å². The standard InChI is InChI=1S/C15H23N2O/c1-4-5-6-7-8-13-10-16-15(11-18)14(17-13)9-12(2)3/h10,12H,4-9H2,1-3H3. The smallest absolute Gasteiger partial charge is 0.255 e. The van der Waals surface area contributed by atoms with Crippen LogP contribution in [-0.4, -0.2) is 16.3 Å². The van der Waals surface area contributed by atoms with Crippen molar-refractivity contribution in [2.24, 2.45) is 5.92 Å². The second-order valence-electron chi connectivity index (χ2n) is 5.17. The highest BCUT2D eigenvalue weighted by Crippen LogP contribution is 2.11. The third kappa shape index (κ3) is 4.94. The number of nitrogens with zero attached hydrogens (tertiary/aromatic N) is 2. The van der Waals surface area contributed by atoms with Crippen LogP contribution < -0.4 is 0 Å². The SMILES string of the molecule is CCCCCCc1cnc([C]=O)c(CC(C)C)n1. The number of rotatable bonds is 8. The average molecular weight is 247 g/mol. The van der Waals surface area contributed by atoms with Crippen molar-refractivity contribution < 1.29 is 4.79 Å². The van der Waals surface area contributed by atoms with E-state index in [0.29, 0.717) is 11.6 Å². The Hall–Kier alpha value is -1.25. The van der Waals surface area contributed by atoms with Crippen molar-refractivity contribution in [3.05, 3.63) is 23.3 Å². The summed E-state index contributed by atoms with van der Waals surface area (Å²) in [4.78, 5) is 19.5. The zero-order chi connectivity index (χ0) is 13.4. The van der Waals surface area contributed by atoms with Gasteiger partial charge < -0.3 is 0 Å². The van der Waals surface area contributed by atoms with Gasteiger partial charge in [0.2, 0.25) is 0 Å². The van der Waals surface area contributed by atoms with Gasteiger partial charge in [0.05, 0.1) is 11.4 Å². The molecule has 1 radical (unpaired) electrons. The van der Waals surface area contributed by atoms with Crippen LogP contribution in [0.15, 0.2) is 6.20 Å². The quantitative estimate of drug-likeness (QED) is 0.662. The van der Waals surface area contributed by atoms with Crippen LogP contribution in [-0.2, 0) is 17.6 Å². The lowest BCUT2D eigenvalue weighted by Crippen LogP contribution is -2.07. The fourth-order valence-electron chi connectivity index (χ4n) is 1.94. The average Bonchev–Trinajstić information content (AvgIpc) is 2.34. The molecular formula is C15H23N2O. The van der Waals surface area contributed by atoms with Crippen LogP contribution in [0.4, 0.5) is 0 Å². The van der Waals surface area contributed by atoms with E-state index < -0.39 is 0 Å². The monoisotopic (exact) mass is 247 g/mol. The molecule has 1 rings (SSSR count). The molecule has 1 aromatic heterocycles. The Morgan fingerprint density at radius 3 is 2.67 bits per heavy atom. The molecule has 0 saturated carbocycles. The van der Waals surface area contributed by atoms with E-state index in [1.54, 1.807) is 6.20 Å². The lowest BCUT2D eigenvalue weighted by Gasteiger charge is -2.08. The van der Waals surface area contributed by atoms with Crippen LogP contribution in [0.5, 0.6) is 0 Å². The molecule has 0 atom stereocenters. The second-order valence-corrected chi connectivity index (χ2v) is 5.17. The molecule has 0 aliphatic heterocycles. The fourth-order valence-corrected chi connectivity index (χ4v) is 1.94. The minimum atomic E-state index is 0.376. The first-order valence-electron chi connectivity index (χ1n) is 6.90. The van der Waals surface area contributed by atoms with Gasteiger partial charge in [0.1, 0.15) is 5.69 Å². The number of carbonyl (C=O) groups excluding carboxylic acids is 1. The minimum Gasteiger partial charge on any atom is -0.283 e. The zero-order valence-corrected chi connectivity index (χ0v) is 11.7. The van der Waals surface area contributed by atoms with Gasteiger partial charge >= 0.3 is 0 Å². The van der Waals surface area contributed by atoms with Crippen LogP contribution in [0.25, 0.3) is 0 Å². The summed E-state index contributed by atoms with van der Waals surface area (Å²) in [5.41, 5.74) is 2.18. The van der Waals surface area contributed by atoms with Crippen LogP contribution in [0.2, 0.25) is 0 Å². The van der Waals surface area contributed by atoms with E-state index >= 15 is 0 Å². The minimum absolute atomic E-state index is 0.376. The first-order chi connectivity index (χ1) is 8.67. The van der Waals surface area contributed by atoms with Gasteiger partial charge in [-0.05, 0) is 25.2 Å². The molecule has 0 aliphatic carbocycles. The summed E-state index contributed by atoms with van der Waals surface area (Å²) in [7, 11) is 0. The summed E-state index contributed by atoms with van der Waals surface area (Å²) in [6.45, 7) is 6.43. The van der Waals surface area contributed by atoms with Crippen molar-refractivity contribution in [2.45, 2.75) is 59.3 Å². The van der Waals surface area contributed by atoms with Gasteiger partial charge in [0, 0.05) is 6.20 Å². The molecule has 0 N–H and O–H groups in total. The van der Waals surface area contributed by atoms with E-state index in [4.69, 9.17) is 0 Å². The molecule has 99 valence electrons. The first-order valence-corrected chi connectivity index (χ1v) is 6.90. The summed E-state index contributed by atoms with van der Waals surface area (Å²) < 4.78 is 0. The Labute approximate surface area is 110 Å². The molecule has 0 bridgehead atoms. The molecule has 1 aromatic rings. The number of hydrogen-bond acceptors (Lipinski definition) is 3. The molecule has 3 heteroatoms. The second kappa shape index (κ2) is 7.96. The molecule has 0 unspecified atom stereocenters. The van der Waals surface area contributed by atoms with E-state index in [2.05, 4.69) is 30.7 Å². The lowest BCUT2D eigenvalue weighted by atomic mass is 10.1. The molecular weight excluding hydrogens is 224 g/mol. The van der Waals surface area contributed by atoms with Crippen LogP contribution in [0.3, 0.4) is 0 Å².